The second kappa shape index (κ2) is 6.38. The van der Waals surface area contributed by atoms with Crippen LogP contribution in [0.25, 0.3) is 10.9 Å². The summed E-state index contributed by atoms with van der Waals surface area (Å²) in [6.45, 7) is 3.63. The lowest BCUT2D eigenvalue weighted by molar-refractivity contribution is 0.0819. The number of ketones is 1. The molecule has 0 unspecified atom stereocenters. The van der Waals surface area contributed by atoms with Gasteiger partial charge in [-0.1, -0.05) is 45.7 Å². The van der Waals surface area contributed by atoms with Gasteiger partial charge in [0.1, 0.15) is 5.75 Å². The first-order chi connectivity index (χ1) is 11.0. The number of Topliss-reactive ketones (excluding diaryl/α,β-unsaturated/α-hetero) is 1. The van der Waals surface area contributed by atoms with Crippen LogP contribution in [0.4, 0.5) is 0 Å². The van der Waals surface area contributed by atoms with Gasteiger partial charge in [-0.05, 0) is 38.1 Å². The highest BCUT2D eigenvalue weighted by Crippen LogP contribution is 2.30. The first kappa shape index (κ1) is 16.1. The van der Waals surface area contributed by atoms with Crippen molar-refractivity contribution in [3.8, 4) is 5.75 Å². The molecule has 0 radical (unpaired) electrons. The van der Waals surface area contributed by atoms with Crippen LogP contribution in [0.15, 0.2) is 46.9 Å². The lowest BCUT2D eigenvalue weighted by Crippen LogP contribution is -2.24. The highest BCUT2D eigenvalue weighted by molar-refractivity contribution is 9.10. The van der Waals surface area contributed by atoms with Gasteiger partial charge < -0.3 is 9.72 Å². The molecule has 0 aliphatic heterocycles. The first-order valence-electron chi connectivity index (χ1n) is 7.20. The zero-order valence-corrected chi connectivity index (χ0v) is 15.0. The summed E-state index contributed by atoms with van der Waals surface area (Å²) in [4.78, 5) is 16.1. The van der Waals surface area contributed by atoms with Crippen LogP contribution in [0.5, 0.6) is 5.75 Å². The SMILES string of the molecule is Cc1[nH]c2ccccc2c1C(=O)[C@H](C)Oc1ccc(Br)cc1Cl. The van der Waals surface area contributed by atoms with Gasteiger partial charge >= 0.3 is 0 Å². The number of para-hydroxylation sites is 1. The molecule has 0 fully saturated rings. The maximum Gasteiger partial charge on any atom is 0.205 e. The van der Waals surface area contributed by atoms with Crippen LogP contribution in [0.2, 0.25) is 5.02 Å². The number of H-pyrrole nitrogens is 1. The molecular formula is C18H15BrClNO2. The fourth-order valence-corrected chi connectivity index (χ4v) is 3.33. The third kappa shape index (κ3) is 3.14. The Labute approximate surface area is 147 Å². The minimum Gasteiger partial charge on any atom is -0.481 e. The molecule has 118 valence electrons. The van der Waals surface area contributed by atoms with E-state index in [0.717, 1.165) is 21.1 Å². The molecule has 1 N–H and O–H groups in total. The highest BCUT2D eigenvalue weighted by Gasteiger charge is 2.23. The summed E-state index contributed by atoms with van der Waals surface area (Å²) < 4.78 is 6.64. The molecule has 3 rings (SSSR count). The van der Waals surface area contributed by atoms with Gasteiger partial charge in [-0.3, -0.25) is 4.79 Å². The fourth-order valence-electron chi connectivity index (χ4n) is 2.61. The fraction of sp³-hybridized carbons (Fsp3) is 0.167. The van der Waals surface area contributed by atoms with E-state index in [2.05, 4.69) is 20.9 Å². The third-order valence-corrected chi connectivity index (χ3v) is 4.50. The normalized spacial score (nSPS) is 12.3. The number of hydrogen-bond donors (Lipinski definition) is 1. The van der Waals surface area contributed by atoms with Crippen LogP contribution in [-0.4, -0.2) is 16.9 Å². The molecule has 5 heteroatoms. The van der Waals surface area contributed by atoms with Gasteiger partial charge in [-0.2, -0.15) is 0 Å². The molecule has 0 aliphatic rings. The maximum absolute atomic E-state index is 12.8. The van der Waals surface area contributed by atoms with Crippen molar-refractivity contribution < 1.29 is 9.53 Å². The minimum absolute atomic E-state index is 0.0704. The van der Waals surface area contributed by atoms with E-state index in [9.17, 15) is 4.79 Å². The summed E-state index contributed by atoms with van der Waals surface area (Å²) in [5.74, 6) is 0.423. The quantitative estimate of drug-likeness (QED) is 0.592. The highest BCUT2D eigenvalue weighted by atomic mass is 79.9. The van der Waals surface area contributed by atoms with Gasteiger partial charge in [-0.25, -0.2) is 0 Å². The molecule has 0 saturated heterocycles. The predicted molar refractivity (Wildman–Crippen MR) is 96.6 cm³/mol. The molecule has 1 heterocycles. The van der Waals surface area contributed by atoms with E-state index in [1.807, 2.05) is 37.3 Å². The summed E-state index contributed by atoms with van der Waals surface area (Å²) >= 11 is 9.51. The predicted octanol–water partition coefficient (Wildman–Crippen LogP) is 5.54. The summed E-state index contributed by atoms with van der Waals surface area (Å²) in [6, 6.07) is 13.1. The molecule has 1 aromatic heterocycles. The van der Waals surface area contributed by atoms with Crippen molar-refractivity contribution >= 4 is 44.2 Å². The van der Waals surface area contributed by atoms with Crippen molar-refractivity contribution in [3.63, 3.8) is 0 Å². The van der Waals surface area contributed by atoms with Gasteiger partial charge in [0, 0.05) is 26.6 Å². The van der Waals surface area contributed by atoms with Crippen molar-refractivity contribution in [3.05, 3.63) is 63.2 Å². The summed E-state index contributed by atoms with van der Waals surface area (Å²) in [5.41, 5.74) is 2.46. The number of aromatic amines is 1. The lowest BCUT2D eigenvalue weighted by Gasteiger charge is -2.15. The van der Waals surface area contributed by atoms with E-state index >= 15 is 0 Å². The molecule has 0 bridgehead atoms. The third-order valence-electron chi connectivity index (χ3n) is 3.71. The molecule has 0 aliphatic carbocycles. The number of carbonyl (C=O) groups excluding carboxylic acids is 1. The zero-order chi connectivity index (χ0) is 16.6. The van der Waals surface area contributed by atoms with Crippen LogP contribution >= 0.6 is 27.5 Å². The smallest absolute Gasteiger partial charge is 0.205 e. The number of halogens is 2. The van der Waals surface area contributed by atoms with Crippen molar-refractivity contribution in [2.75, 3.05) is 0 Å². The van der Waals surface area contributed by atoms with Crippen molar-refractivity contribution in [1.29, 1.82) is 0 Å². The Balaban J connectivity index is 1.91. The topological polar surface area (TPSA) is 42.1 Å². The first-order valence-corrected chi connectivity index (χ1v) is 8.37. The molecule has 3 aromatic rings. The second-order valence-electron chi connectivity index (χ2n) is 5.37. The Morgan fingerprint density at radius 1 is 1.26 bits per heavy atom. The van der Waals surface area contributed by atoms with E-state index < -0.39 is 6.10 Å². The molecule has 23 heavy (non-hydrogen) atoms. The largest absolute Gasteiger partial charge is 0.481 e. The molecule has 1 atom stereocenters. The van der Waals surface area contributed by atoms with Crippen LogP contribution in [0.1, 0.15) is 23.0 Å². The second-order valence-corrected chi connectivity index (χ2v) is 6.69. The van der Waals surface area contributed by atoms with Gasteiger partial charge in [0.2, 0.25) is 5.78 Å². The van der Waals surface area contributed by atoms with Gasteiger partial charge in [0.25, 0.3) is 0 Å². The average Bonchev–Trinajstić information content (AvgIpc) is 2.85. The van der Waals surface area contributed by atoms with Gasteiger partial charge in [-0.15, -0.1) is 0 Å². The average molecular weight is 393 g/mol. The monoisotopic (exact) mass is 391 g/mol. The maximum atomic E-state index is 12.8. The number of benzene rings is 2. The Kier molecular flexibility index (Phi) is 4.46. The summed E-state index contributed by atoms with van der Waals surface area (Å²) in [5, 5.41) is 1.38. The Hall–Kier alpha value is -1.78. The number of aryl methyl sites for hydroxylation is 1. The Morgan fingerprint density at radius 2 is 2.00 bits per heavy atom. The number of fused-ring (bicyclic) bond motifs is 1. The number of rotatable bonds is 4. The molecule has 3 nitrogen and oxygen atoms in total. The van der Waals surface area contributed by atoms with Gasteiger partial charge in [0.15, 0.2) is 6.10 Å². The van der Waals surface area contributed by atoms with E-state index in [-0.39, 0.29) is 5.78 Å². The van der Waals surface area contributed by atoms with Crippen molar-refractivity contribution in [2.24, 2.45) is 0 Å². The Morgan fingerprint density at radius 3 is 2.74 bits per heavy atom. The van der Waals surface area contributed by atoms with Crippen LogP contribution < -0.4 is 4.74 Å². The molecule has 2 aromatic carbocycles. The van der Waals surface area contributed by atoms with Crippen LogP contribution in [-0.2, 0) is 0 Å². The van der Waals surface area contributed by atoms with Crippen LogP contribution in [0.3, 0.4) is 0 Å². The molecular weight excluding hydrogens is 378 g/mol. The number of ether oxygens (including phenoxy) is 1. The van der Waals surface area contributed by atoms with Gasteiger partial charge in [0.05, 0.1) is 5.02 Å². The van der Waals surface area contributed by atoms with E-state index in [4.69, 9.17) is 16.3 Å². The minimum atomic E-state index is -0.633. The molecule has 0 saturated carbocycles. The van der Waals surface area contributed by atoms with E-state index in [1.165, 1.54) is 0 Å². The number of carbonyl (C=O) groups is 1. The Bertz CT molecular complexity index is 888. The number of hydrogen-bond acceptors (Lipinski definition) is 2. The number of nitrogens with one attached hydrogen (secondary N) is 1. The van der Waals surface area contributed by atoms with Crippen LogP contribution in [0, 0.1) is 6.92 Å². The zero-order valence-electron chi connectivity index (χ0n) is 12.7. The van der Waals surface area contributed by atoms with Crippen molar-refractivity contribution in [1.82, 2.24) is 4.98 Å². The lowest BCUT2D eigenvalue weighted by atomic mass is 10.0. The summed E-state index contributed by atoms with van der Waals surface area (Å²) in [7, 11) is 0. The van der Waals surface area contributed by atoms with E-state index in [0.29, 0.717) is 16.3 Å². The summed E-state index contributed by atoms with van der Waals surface area (Å²) in [6.07, 6.45) is -0.633. The number of aromatic nitrogens is 1. The molecule has 0 amide bonds. The van der Waals surface area contributed by atoms with Crippen molar-refractivity contribution in [2.45, 2.75) is 20.0 Å². The van der Waals surface area contributed by atoms with E-state index in [1.54, 1.807) is 19.1 Å². The standard InChI is InChI=1S/C18H15BrClNO2/c1-10-17(13-5-3-4-6-15(13)21-10)18(22)11(2)23-16-8-7-12(19)9-14(16)20/h3-9,11,21H,1-2H3/t11-/m0/s1. The molecule has 0 spiro atoms.